The number of carbonyl (C=O) groups excluding carboxylic acids is 1. The summed E-state index contributed by atoms with van der Waals surface area (Å²) in [6.45, 7) is 3.59. The Bertz CT molecular complexity index is 819. The van der Waals surface area contributed by atoms with Crippen LogP contribution in [0.2, 0.25) is 0 Å². The second-order valence-corrected chi connectivity index (χ2v) is 8.37. The molecule has 6 nitrogen and oxygen atoms in total. The fourth-order valence-electron chi connectivity index (χ4n) is 1.86. The zero-order valence-electron chi connectivity index (χ0n) is 13.5. The van der Waals surface area contributed by atoms with E-state index < -0.39 is 10.0 Å². The normalized spacial score (nSPS) is 11.8. The van der Waals surface area contributed by atoms with E-state index in [1.165, 1.54) is 35.6 Å². The maximum atomic E-state index is 12.4. The Hall–Kier alpha value is -1.77. The Morgan fingerprint density at radius 1 is 1.17 bits per heavy atom. The van der Waals surface area contributed by atoms with Gasteiger partial charge >= 0.3 is 0 Å². The third-order valence-corrected chi connectivity index (χ3v) is 6.01. The highest BCUT2D eigenvalue weighted by molar-refractivity contribution is 9.10. The van der Waals surface area contributed by atoms with Crippen LogP contribution < -0.4 is 5.32 Å². The third kappa shape index (κ3) is 4.19. The molecule has 0 spiro atoms. The van der Waals surface area contributed by atoms with E-state index >= 15 is 0 Å². The maximum absolute atomic E-state index is 12.4. The van der Waals surface area contributed by atoms with Crippen LogP contribution >= 0.6 is 15.9 Å². The van der Waals surface area contributed by atoms with Crippen LogP contribution in [0.25, 0.3) is 0 Å². The Morgan fingerprint density at radius 3 is 2.29 bits per heavy atom. The number of nitrogens with one attached hydrogen (secondary N) is 1. The molecule has 0 saturated heterocycles. The molecule has 0 fully saturated rings. The van der Waals surface area contributed by atoms with Gasteiger partial charge in [0.05, 0.1) is 4.90 Å². The number of halogens is 1. The van der Waals surface area contributed by atoms with Gasteiger partial charge in [-0.25, -0.2) is 13.4 Å². The van der Waals surface area contributed by atoms with Crippen LogP contribution in [0, 0.1) is 0 Å². The van der Waals surface area contributed by atoms with Crippen molar-refractivity contribution >= 4 is 37.7 Å². The standard InChI is InChI=1S/C16H18BrN3O3S/c1-11(2)20(3)24(22,23)14-7-4-12(5-8-14)16(21)19-15-9-6-13(17)10-18-15/h4-11H,1-3H3,(H,18,19,21). The summed E-state index contributed by atoms with van der Waals surface area (Å²) < 4.78 is 26.9. The van der Waals surface area contributed by atoms with Gasteiger partial charge < -0.3 is 5.32 Å². The highest BCUT2D eigenvalue weighted by Crippen LogP contribution is 2.18. The summed E-state index contributed by atoms with van der Waals surface area (Å²) in [5.74, 6) is 0.0606. The fourth-order valence-corrected chi connectivity index (χ4v) is 3.46. The van der Waals surface area contributed by atoms with Crippen LogP contribution in [0.15, 0.2) is 52.0 Å². The van der Waals surface area contributed by atoms with Gasteiger partial charge in [-0.2, -0.15) is 4.31 Å². The Kier molecular flexibility index (Phi) is 5.74. The number of amides is 1. The number of hydrogen-bond donors (Lipinski definition) is 1. The molecule has 1 N–H and O–H groups in total. The smallest absolute Gasteiger partial charge is 0.256 e. The topological polar surface area (TPSA) is 79.4 Å². The molecule has 2 rings (SSSR count). The summed E-state index contributed by atoms with van der Waals surface area (Å²) in [5.41, 5.74) is 0.353. The number of sulfonamides is 1. The first kappa shape index (κ1) is 18.6. The second kappa shape index (κ2) is 7.42. The minimum absolute atomic E-state index is 0.150. The lowest BCUT2D eigenvalue weighted by Crippen LogP contribution is -2.33. The minimum atomic E-state index is -3.56. The molecule has 0 unspecified atom stereocenters. The van der Waals surface area contributed by atoms with E-state index in [1.807, 2.05) is 0 Å². The highest BCUT2D eigenvalue weighted by Gasteiger charge is 2.23. The lowest BCUT2D eigenvalue weighted by Gasteiger charge is -2.21. The van der Waals surface area contributed by atoms with Gasteiger partial charge in [0.15, 0.2) is 0 Å². The molecule has 1 heterocycles. The van der Waals surface area contributed by atoms with Crippen LogP contribution in [0.1, 0.15) is 24.2 Å². The second-order valence-electron chi connectivity index (χ2n) is 5.46. The molecular formula is C16H18BrN3O3S. The summed E-state index contributed by atoms with van der Waals surface area (Å²) in [5, 5.41) is 2.65. The van der Waals surface area contributed by atoms with E-state index in [4.69, 9.17) is 0 Å². The van der Waals surface area contributed by atoms with Crippen LogP contribution in [0.3, 0.4) is 0 Å². The molecule has 0 bridgehead atoms. The lowest BCUT2D eigenvalue weighted by atomic mass is 10.2. The van der Waals surface area contributed by atoms with E-state index in [-0.39, 0.29) is 16.8 Å². The molecule has 1 amide bonds. The van der Waals surface area contributed by atoms with Crippen LogP contribution in [-0.4, -0.2) is 36.7 Å². The molecule has 0 radical (unpaired) electrons. The Labute approximate surface area is 150 Å². The summed E-state index contributed by atoms with van der Waals surface area (Å²) in [6, 6.07) is 9.10. The number of benzene rings is 1. The van der Waals surface area contributed by atoms with Crippen molar-refractivity contribution in [3.05, 3.63) is 52.6 Å². The van der Waals surface area contributed by atoms with E-state index in [9.17, 15) is 13.2 Å². The van der Waals surface area contributed by atoms with Crippen molar-refractivity contribution < 1.29 is 13.2 Å². The van der Waals surface area contributed by atoms with Gasteiger partial charge in [-0.1, -0.05) is 0 Å². The zero-order chi connectivity index (χ0) is 17.9. The monoisotopic (exact) mass is 411 g/mol. The maximum Gasteiger partial charge on any atom is 0.256 e. The van der Waals surface area contributed by atoms with Gasteiger partial charge in [0.2, 0.25) is 10.0 Å². The van der Waals surface area contributed by atoms with Gasteiger partial charge in [0, 0.05) is 29.3 Å². The molecule has 128 valence electrons. The molecule has 0 saturated carbocycles. The van der Waals surface area contributed by atoms with Gasteiger partial charge in [0.1, 0.15) is 5.82 Å². The quantitative estimate of drug-likeness (QED) is 0.819. The van der Waals surface area contributed by atoms with Crippen molar-refractivity contribution in [2.24, 2.45) is 0 Å². The molecule has 0 aliphatic carbocycles. The lowest BCUT2D eigenvalue weighted by molar-refractivity contribution is 0.102. The molecular weight excluding hydrogens is 394 g/mol. The summed E-state index contributed by atoms with van der Waals surface area (Å²) in [4.78, 5) is 16.4. The Morgan fingerprint density at radius 2 is 1.79 bits per heavy atom. The minimum Gasteiger partial charge on any atom is -0.307 e. The summed E-state index contributed by atoms with van der Waals surface area (Å²) in [7, 11) is -2.03. The summed E-state index contributed by atoms with van der Waals surface area (Å²) >= 11 is 3.27. The van der Waals surface area contributed by atoms with Gasteiger partial charge in [0.25, 0.3) is 5.91 Å². The van der Waals surface area contributed by atoms with E-state index in [1.54, 1.807) is 32.2 Å². The molecule has 1 aromatic heterocycles. The number of anilines is 1. The number of rotatable bonds is 5. The van der Waals surface area contributed by atoms with Crippen molar-refractivity contribution in [2.75, 3.05) is 12.4 Å². The fraction of sp³-hybridized carbons (Fsp3) is 0.250. The molecule has 0 aliphatic rings. The number of carbonyl (C=O) groups is 1. The first-order valence-corrected chi connectivity index (χ1v) is 9.46. The Balaban J connectivity index is 2.17. The number of aromatic nitrogens is 1. The van der Waals surface area contributed by atoms with Crippen molar-refractivity contribution in [1.82, 2.24) is 9.29 Å². The average Bonchev–Trinajstić information content (AvgIpc) is 2.56. The van der Waals surface area contributed by atoms with Crippen molar-refractivity contribution in [3.63, 3.8) is 0 Å². The number of hydrogen-bond acceptors (Lipinski definition) is 4. The average molecular weight is 412 g/mol. The number of pyridine rings is 1. The molecule has 8 heteroatoms. The van der Waals surface area contributed by atoms with Gasteiger partial charge in [-0.15, -0.1) is 0 Å². The number of nitrogens with zero attached hydrogens (tertiary/aromatic N) is 2. The van der Waals surface area contributed by atoms with Crippen molar-refractivity contribution in [1.29, 1.82) is 0 Å². The SMILES string of the molecule is CC(C)N(C)S(=O)(=O)c1ccc(C(=O)Nc2ccc(Br)cn2)cc1. The molecule has 0 aliphatic heterocycles. The van der Waals surface area contributed by atoms with Crippen LogP contribution in [-0.2, 0) is 10.0 Å². The largest absolute Gasteiger partial charge is 0.307 e. The third-order valence-electron chi connectivity index (χ3n) is 3.49. The van der Waals surface area contributed by atoms with Crippen LogP contribution in [0.5, 0.6) is 0 Å². The first-order chi connectivity index (χ1) is 11.2. The summed E-state index contributed by atoms with van der Waals surface area (Å²) in [6.07, 6.45) is 1.58. The first-order valence-electron chi connectivity index (χ1n) is 7.23. The van der Waals surface area contributed by atoms with Crippen molar-refractivity contribution in [2.45, 2.75) is 24.8 Å². The van der Waals surface area contributed by atoms with Crippen molar-refractivity contribution in [3.8, 4) is 0 Å². The van der Waals surface area contributed by atoms with Gasteiger partial charge in [-0.3, -0.25) is 4.79 Å². The molecule has 2 aromatic rings. The van der Waals surface area contributed by atoms with E-state index in [0.29, 0.717) is 11.4 Å². The zero-order valence-corrected chi connectivity index (χ0v) is 15.9. The van der Waals surface area contributed by atoms with E-state index in [2.05, 4.69) is 26.2 Å². The van der Waals surface area contributed by atoms with Gasteiger partial charge in [-0.05, 0) is 66.2 Å². The molecule has 24 heavy (non-hydrogen) atoms. The molecule has 0 atom stereocenters. The molecule has 1 aromatic carbocycles. The highest BCUT2D eigenvalue weighted by atomic mass is 79.9. The predicted octanol–water partition coefficient (Wildman–Crippen LogP) is 3.13. The van der Waals surface area contributed by atoms with Crippen LogP contribution in [0.4, 0.5) is 5.82 Å². The van der Waals surface area contributed by atoms with E-state index in [0.717, 1.165) is 4.47 Å². The predicted molar refractivity (Wildman–Crippen MR) is 96.4 cm³/mol.